The number of hydrogen-bond acceptors (Lipinski definition) is 6. The molecule has 3 rings (SSSR count). The summed E-state index contributed by atoms with van der Waals surface area (Å²) in [6, 6.07) is 9.98. The number of carbonyl (C=O) groups is 2. The van der Waals surface area contributed by atoms with Gasteiger partial charge in [0.05, 0.1) is 6.54 Å². The zero-order chi connectivity index (χ0) is 21.7. The molecule has 30 heavy (non-hydrogen) atoms. The van der Waals surface area contributed by atoms with E-state index in [1.54, 1.807) is 4.90 Å². The number of aromatic nitrogens is 2. The van der Waals surface area contributed by atoms with Gasteiger partial charge in [-0.2, -0.15) is 5.10 Å². The van der Waals surface area contributed by atoms with Crippen molar-refractivity contribution in [2.24, 2.45) is 7.05 Å². The molecule has 1 aromatic carbocycles. The number of benzene rings is 1. The Hall–Kier alpha value is -3.20. The Balaban J connectivity index is 1.54. The second kappa shape index (κ2) is 9.53. The van der Waals surface area contributed by atoms with E-state index < -0.39 is 6.04 Å². The smallest absolute Gasteiger partial charge is 0.274 e. The molecule has 0 aliphatic carbocycles. The highest BCUT2D eigenvalue weighted by Gasteiger charge is 2.33. The maximum Gasteiger partial charge on any atom is 0.274 e. The summed E-state index contributed by atoms with van der Waals surface area (Å²) in [5.41, 5.74) is 0.944. The number of piperazine rings is 1. The second-order valence-corrected chi connectivity index (χ2v) is 7.33. The molecule has 0 bridgehead atoms. The van der Waals surface area contributed by atoms with Gasteiger partial charge >= 0.3 is 0 Å². The summed E-state index contributed by atoms with van der Waals surface area (Å²) >= 11 is 0. The molecular weight excluding hydrogens is 386 g/mol. The number of likely N-dealkylation sites (N-methyl/N-ethyl adjacent to an activating group) is 1. The molecule has 2 amide bonds. The highest BCUT2D eigenvalue weighted by atomic mass is 16.5. The number of ether oxygens (including phenoxy) is 1. The molecule has 160 valence electrons. The number of rotatable bonds is 6. The van der Waals surface area contributed by atoms with E-state index in [2.05, 4.69) is 10.4 Å². The van der Waals surface area contributed by atoms with Gasteiger partial charge in [0.1, 0.15) is 24.1 Å². The summed E-state index contributed by atoms with van der Waals surface area (Å²) in [6.07, 6.45) is 0. The molecule has 9 nitrogen and oxygen atoms in total. The lowest BCUT2D eigenvalue weighted by Gasteiger charge is -2.38. The number of para-hydroxylation sites is 1. The summed E-state index contributed by atoms with van der Waals surface area (Å²) in [5, 5.41) is 6.90. The summed E-state index contributed by atoms with van der Waals surface area (Å²) in [5.74, 6) is 0.347. The molecule has 0 radical (unpaired) electrons. The minimum absolute atomic E-state index is 0.156. The van der Waals surface area contributed by atoms with Gasteiger partial charge in [-0.05, 0) is 31.7 Å². The maximum atomic E-state index is 12.8. The fourth-order valence-corrected chi connectivity index (χ4v) is 3.29. The highest BCUT2D eigenvalue weighted by Crippen LogP contribution is 2.15. The minimum atomic E-state index is -0.464. The number of nitrogens with zero attached hydrogens (tertiary/aromatic N) is 4. The van der Waals surface area contributed by atoms with E-state index in [4.69, 9.17) is 4.74 Å². The van der Waals surface area contributed by atoms with Crippen LogP contribution in [0.4, 0.5) is 0 Å². The molecule has 2 aromatic rings. The minimum Gasteiger partial charge on any atom is -0.491 e. The molecular formula is C21H27N5O4. The average Bonchev–Trinajstić information content (AvgIpc) is 2.74. The third kappa shape index (κ3) is 5.04. The zero-order valence-corrected chi connectivity index (χ0v) is 17.5. The lowest BCUT2D eigenvalue weighted by molar-refractivity contribution is -0.127. The fourth-order valence-electron chi connectivity index (χ4n) is 3.29. The van der Waals surface area contributed by atoms with E-state index >= 15 is 0 Å². The Labute approximate surface area is 175 Å². The number of nitrogens with one attached hydrogen (secondary N) is 1. The first kappa shape index (κ1) is 21.5. The second-order valence-electron chi connectivity index (χ2n) is 7.33. The molecule has 1 N–H and O–H groups in total. The Morgan fingerprint density at radius 3 is 2.67 bits per heavy atom. The van der Waals surface area contributed by atoms with Crippen LogP contribution in [0.5, 0.6) is 5.75 Å². The predicted molar refractivity (Wildman–Crippen MR) is 111 cm³/mol. The molecule has 0 saturated carbocycles. The lowest BCUT2D eigenvalue weighted by atomic mass is 10.1. The van der Waals surface area contributed by atoms with Crippen molar-refractivity contribution in [1.29, 1.82) is 0 Å². The van der Waals surface area contributed by atoms with E-state index in [1.807, 2.05) is 43.1 Å². The zero-order valence-electron chi connectivity index (χ0n) is 17.5. The molecule has 1 aliphatic heterocycles. The first-order valence-corrected chi connectivity index (χ1v) is 9.87. The molecule has 1 saturated heterocycles. The number of carbonyl (C=O) groups excluding carboxylic acids is 2. The SMILES string of the molecule is Cc1ccccc1OCCNC(=O)[C@H]1CN(C(=O)c2ccc(=O)n(C)n2)CCN1C. The first-order chi connectivity index (χ1) is 14.4. The van der Waals surface area contributed by atoms with E-state index in [1.165, 1.54) is 19.2 Å². The van der Waals surface area contributed by atoms with E-state index in [9.17, 15) is 14.4 Å². The average molecular weight is 413 g/mol. The number of aryl methyl sites for hydroxylation is 2. The quantitative estimate of drug-likeness (QED) is 0.672. The van der Waals surface area contributed by atoms with E-state index in [0.29, 0.717) is 26.2 Å². The van der Waals surface area contributed by atoms with Gasteiger partial charge in [0.2, 0.25) is 5.91 Å². The Bertz CT molecular complexity index is 974. The van der Waals surface area contributed by atoms with Gasteiger partial charge in [-0.1, -0.05) is 18.2 Å². The van der Waals surface area contributed by atoms with Crippen LogP contribution in [0, 0.1) is 6.92 Å². The monoisotopic (exact) mass is 413 g/mol. The molecule has 0 spiro atoms. The van der Waals surface area contributed by atoms with Crippen LogP contribution in [0.3, 0.4) is 0 Å². The highest BCUT2D eigenvalue weighted by molar-refractivity contribution is 5.93. The van der Waals surface area contributed by atoms with Gasteiger partial charge in [0.15, 0.2) is 0 Å². The van der Waals surface area contributed by atoms with Crippen molar-refractivity contribution >= 4 is 11.8 Å². The van der Waals surface area contributed by atoms with E-state index in [-0.39, 0.29) is 29.6 Å². The van der Waals surface area contributed by atoms with Gasteiger partial charge in [0, 0.05) is 32.7 Å². The van der Waals surface area contributed by atoms with E-state index in [0.717, 1.165) is 16.0 Å². The van der Waals surface area contributed by atoms with Crippen molar-refractivity contribution in [3.8, 4) is 5.75 Å². The topological polar surface area (TPSA) is 96.8 Å². The van der Waals surface area contributed by atoms with Crippen LogP contribution < -0.4 is 15.6 Å². The van der Waals surface area contributed by atoms with Gasteiger partial charge < -0.3 is 15.0 Å². The molecule has 0 unspecified atom stereocenters. The summed E-state index contributed by atoms with van der Waals surface area (Å²) in [4.78, 5) is 40.5. The fraction of sp³-hybridized carbons (Fsp3) is 0.429. The first-order valence-electron chi connectivity index (χ1n) is 9.87. The standard InChI is InChI=1S/C21H27N5O4/c1-15-6-4-5-7-18(15)30-13-10-22-20(28)17-14-26(12-11-24(17)2)21(29)16-8-9-19(27)25(3)23-16/h4-9,17H,10-14H2,1-3H3,(H,22,28)/t17-/m1/s1. The molecule has 1 atom stereocenters. The Morgan fingerprint density at radius 1 is 1.17 bits per heavy atom. The van der Waals surface area contributed by atoms with Crippen LogP contribution in [0.2, 0.25) is 0 Å². The number of amides is 2. The van der Waals surface area contributed by atoms with Crippen LogP contribution in [0.15, 0.2) is 41.2 Å². The summed E-state index contributed by atoms with van der Waals surface area (Å²) < 4.78 is 6.84. The van der Waals surface area contributed by atoms with Crippen LogP contribution in [-0.4, -0.2) is 77.3 Å². The molecule has 1 aromatic heterocycles. The lowest BCUT2D eigenvalue weighted by Crippen LogP contribution is -2.59. The maximum absolute atomic E-state index is 12.8. The van der Waals surface area contributed by atoms with Gasteiger partial charge in [-0.3, -0.25) is 19.3 Å². The third-order valence-electron chi connectivity index (χ3n) is 5.17. The molecule has 1 fully saturated rings. The predicted octanol–water partition coefficient (Wildman–Crippen LogP) is 0.0401. The largest absolute Gasteiger partial charge is 0.491 e. The number of hydrogen-bond donors (Lipinski definition) is 1. The van der Waals surface area contributed by atoms with Crippen LogP contribution in [-0.2, 0) is 11.8 Å². The van der Waals surface area contributed by atoms with Gasteiger partial charge in [-0.25, -0.2) is 4.68 Å². The van der Waals surface area contributed by atoms with Gasteiger partial charge in [0.25, 0.3) is 11.5 Å². The van der Waals surface area contributed by atoms with Crippen molar-refractivity contribution < 1.29 is 14.3 Å². The van der Waals surface area contributed by atoms with Gasteiger partial charge in [-0.15, -0.1) is 0 Å². The van der Waals surface area contributed by atoms with Crippen molar-refractivity contribution in [2.45, 2.75) is 13.0 Å². The summed E-state index contributed by atoms with van der Waals surface area (Å²) in [7, 11) is 3.36. The normalized spacial score (nSPS) is 16.9. The Kier molecular flexibility index (Phi) is 6.83. The molecule has 1 aliphatic rings. The van der Waals surface area contributed by atoms with Crippen LogP contribution in [0.25, 0.3) is 0 Å². The third-order valence-corrected chi connectivity index (χ3v) is 5.17. The molecule has 2 heterocycles. The van der Waals surface area contributed by atoms with Crippen LogP contribution >= 0.6 is 0 Å². The van der Waals surface area contributed by atoms with Crippen molar-refractivity contribution in [1.82, 2.24) is 24.9 Å². The molecule has 9 heteroatoms. The van der Waals surface area contributed by atoms with Crippen molar-refractivity contribution in [3.63, 3.8) is 0 Å². The van der Waals surface area contributed by atoms with Crippen LogP contribution in [0.1, 0.15) is 16.1 Å². The Morgan fingerprint density at radius 2 is 1.93 bits per heavy atom. The van der Waals surface area contributed by atoms with Crippen molar-refractivity contribution in [3.05, 3.63) is 58.0 Å². The summed E-state index contributed by atoms with van der Waals surface area (Å²) in [6.45, 7) is 4.00. The van der Waals surface area contributed by atoms with Crippen molar-refractivity contribution in [2.75, 3.05) is 39.8 Å².